The average Bonchev–Trinajstić information content (AvgIpc) is 2.07. The van der Waals surface area contributed by atoms with Gasteiger partial charge in [0.1, 0.15) is 11.3 Å². The Morgan fingerprint density at radius 1 is 1.46 bits per heavy atom. The first-order valence-corrected chi connectivity index (χ1v) is 3.68. The van der Waals surface area contributed by atoms with Crippen molar-refractivity contribution in [1.29, 1.82) is 0 Å². The van der Waals surface area contributed by atoms with E-state index in [0.717, 1.165) is 6.20 Å². The maximum absolute atomic E-state index is 13.1. The van der Waals surface area contributed by atoms with Gasteiger partial charge in [0.05, 0.1) is 11.6 Å². The molecule has 2 aromatic heterocycles. The Hall–Kier alpha value is -1.78. The first-order valence-electron chi connectivity index (χ1n) is 3.68. The lowest BCUT2D eigenvalue weighted by atomic mass is 10.3. The highest BCUT2D eigenvalue weighted by Crippen LogP contribution is 2.08. The van der Waals surface area contributed by atoms with E-state index in [2.05, 4.69) is 15.0 Å². The van der Waals surface area contributed by atoms with Crippen LogP contribution in [0.15, 0.2) is 17.2 Å². The highest BCUT2D eigenvalue weighted by atomic mass is 19.1. The third-order valence-electron chi connectivity index (χ3n) is 1.69. The lowest BCUT2D eigenvalue weighted by Gasteiger charge is -1.97. The van der Waals surface area contributed by atoms with E-state index in [4.69, 9.17) is 0 Å². The lowest BCUT2D eigenvalue weighted by Crippen LogP contribution is -2.10. The first kappa shape index (κ1) is 7.85. The summed E-state index contributed by atoms with van der Waals surface area (Å²) in [4.78, 5) is 21.1. The van der Waals surface area contributed by atoms with Crippen LogP contribution in [0.5, 0.6) is 0 Å². The summed E-state index contributed by atoms with van der Waals surface area (Å²) in [5.41, 5.74) is -0.300. The maximum Gasteiger partial charge on any atom is 0.260 e. The molecule has 0 radical (unpaired) electrons. The number of aromatic nitrogens is 3. The molecule has 66 valence electrons. The summed E-state index contributed by atoms with van der Waals surface area (Å²) in [5, 5.41) is 0.172. The van der Waals surface area contributed by atoms with Crippen LogP contribution in [0.25, 0.3) is 10.9 Å². The Kier molecular flexibility index (Phi) is 1.58. The molecule has 0 aliphatic rings. The highest BCUT2D eigenvalue weighted by Gasteiger charge is 2.05. The van der Waals surface area contributed by atoms with Crippen molar-refractivity contribution in [1.82, 2.24) is 15.0 Å². The van der Waals surface area contributed by atoms with Crippen LogP contribution in [0.4, 0.5) is 4.39 Å². The van der Waals surface area contributed by atoms with E-state index in [1.54, 1.807) is 6.92 Å². The Bertz CT molecular complexity index is 520. The van der Waals surface area contributed by atoms with Gasteiger partial charge in [0, 0.05) is 6.20 Å². The molecule has 1 N–H and O–H groups in total. The number of fused-ring (bicyclic) bond motifs is 1. The van der Waals surface area contributed by atoms with Crippen LogP contribution in [0.1, 0.15) is 5.82 Å². The number of hydrogen-bond acceptors (Lipinski definition) is 3. The average molecular weight is 179 g/mol. The van der Waals surface area contributed by atoms with E-state index in [0.29, 0.717) is 5.82 Å². The molecule has 0 fully saturated rings. The lowest BCUT2D eigenvalue weighted by molar-refractivity contribution is 0.630. The summed E-state index contributed by atoms with van der Waals surface area (Å²) >= 11 is 0. The van der Waals surface area contributed by atoms with Crippen LogP contribution < -0.4 is 5.56 Å². The van der Waals surface area contributed by atoms with E-state index in [9.17, 15) is 9.18 Å². The largest absolute Gasteiger partial charge is 0.310 e. The fourth-order valence-corrected chi connectivity index (χ4v) is 1.14. The van der Waals surface area contributed by atoms with Crippen LogP contribution in [0, 0.1) is 12.7 Å². The molecule has 0 saturated heterocycles. The molecule has 2 aromatic rings. The number of halogens is 1. The van der Waals surface area contributed by atoms with Gasteiger partial charge in [-0.2, -0.15) is 0 Å². The number of hydrogen-bond donors (Lipinski definition) is 1. The van der Waals surface area contributed by atoms with Crippen LogP contribution in [-0.2, 0) is 0 Å². The molecule has 0 spiro atoms. The smallest absolute Gasteiger partial charge is 0.260 e. The van der Waals surface area contributed by atoms with E-state index in [-0.39, 0.29) is 16.5 Å². The van der Waals surface area contributed by atoms with Gasteiger partial charge in [-0.1, -0.05) is 0 Å². The Morgan fingerprint density at radius 3 is 3.00 bits per heavy atom. The zero-order valence-corrected chi connectivity index (χ0v) is 6.84. The fourth-order valence-electron chi connectivity index (χ4n) is 1.14. The molecule has 0 unspecified atom stereocenters. The van der Waals surface area contributed by atoms with Crippen LogP contribution in [0.3, 0.4) is 0 Å². The number of aromatic amines is 1. The van der Waals surface area contributed by atoms with Crippen LogP contribution in [0.2, 0.25) is 0 Å². The second-order valence-corrected chi connectivity index (χ2v) is 2.67. The molecule has 4 nitrogen and oxygen atoms in total. The van der Waals surface area contributed by atoms with Gasteiger partial charge in [0.25, 0.3) is 5.56 Å². The van der Waals surface area contributed by atoms with E-state index < -0.39 is 5.82 Å². The molecule has 0 atom stereocenters. The predicted molar refractivity (Wildman–Crippen MR) is 44.9 cm³/mol. The molecule has 13 heavy (non-hydrogen) atoms. The first-order chi connectivity index (χ1) is 6.18. The molecule has 0 aliphatic carbocycles. The van der Waals surface area contributed by atoms with Crippen LogP contribution >= 0.6 is 0 Å². The number of aryl methyl sites for hydroxylation is 1. The van der Waals surface area contributed by atoms with Gasteiger partial charge in [0.15, 0.2) is 5.82 Å². The molecule has 0 aliphatic heterocycles. The van der Waals surface area contributed by atoms with Crippen molar-refractivity contribution in [2.45, 2.75) is 6.92 Å². The van der Waals surface area contributed by atoms with Crippen molar-refractivity contribution < 1.29 is 4.39 Å². The SMILES string of the molecule is Cc1nc2c(F)cncc2c(=O)[nH]1. The Balaban J connectivity index is 3.03. The van der Waals surface area contributed by atoms with E-state index >= 15 is 0 Å². The molecule has 0 bridgehead atoms. The van der Waals surface area contributed by atoms with Crippen LogP contribution in [-0.4, -0.2) is 15.0 Å². The monoisotopic (exact) mass is 179 g/mol. The Morgan fingerprint density at radius 2 is 2.23 bits per heavy atom. The molecular weight excluding hydrogens is 173 g/mol. The van der Waals surface area contributed by atoms with Crippen molar-refractivity contribution in [3.8, 4) is 0 Å². The van der Waals surface area contributed by atoms with Crippen molar-refractivity contribution >= 4 is 10.9 Å². The Labute approximate surface area is 72.5 Å². The summed E-state index contributed by atoms with van der Waals surface area (Å²) < 4.78 is 13.1. The standard InChI is InChI=1S/C8H6FN3O/c1-4-11-7-5(8(13)12-4)2-10-3-6(7)9/h2-3H,1H3,(H,11,12,13). The quantitative estimate of drug-likeness (QED) is 0.649. The second kappa shape index (κ2) is 2.62. The van der Waals surface area contributed by atoms with Crippen molar-refractivity contribution in [2.24, 2.45) is 0 Å². The molecule has 5 heteroatoms. The minimum atomic E-state index is -0.577. The van der Waals surface area contributed by atoms with E-state index in [1.807, 2.05) is 0 Å². The molecule has 2 rings (SSSR count). The fraction of sp³-hybridized carbons (Fsp3) is 0.125. The number of rotatable bonds is 0. The molecular formula is C8H6FN3O. The molecule has 0 amide bonds. The van der Waals surface area contributed by atoms with Crippen molar-refractivity contribution in [3.05, 3.63) is 34.4 Å². The van der Waals surface area contributed by atoms with E-state index in [1.165, 1.54) is 6.20 Å². The summed E-state index contributed by atoms with van der Waals surface area (Å²) in [6, 6.07) is 0. The third-order valence-corrected chi connectivity index (χ3v) is 1.69. The maximum atomic E-state index is 13.1. The zero-order valence-electron chi connectivity index (χ0n) is 6.84. The minimum absolute atomic E-state index is 0.0660. The summed E-state index contributed by atoms with van der Waals surface area (Å²) in [7, 11) is 0. The second-order valence-electron chi connectivity index (χ2n) is 2.67. The predicted octanol–water partition coefficient (Wildman–Crippen LogP) is 0.766. The normalized spacial score (nSPS) is 10.6. The van der Waals surface area contributed by atoms with Crippen molar-refractivity contribution in [2.75, 3.05) is 0 Å². The summed E-state index contributed by atoms with van der Waals surface area (Å²) in [6.07, 6.45) is 2.33. The zero-order chi connectivity index (χ0) is 9.42. The topological polar surface area (TPSA) is 58.6 Å². The highest BCUT2D eigenvalue weighted by molar-refractivity contribution is 5.76. The van der Waals surface area contributed by atoms with Gasteiger partial charge in [-0.25, -0.2) is 9.37 Å². The van der Waals surface area contributed by atoms with Gasteiger partial charge >= 0.3 is 0 Å². The van der Waals surface area contributed by atoms with Gasteiger partial charge in [-0.3, -0.25) is 9.78 Å². The molecule has 0 aromatic carbocycles. The van der Waals surface area contributed by atoms with Gasteiger partial charge in [-0.15, -0.1) is 0 Å². The van der Waals surface area contributed by atoms with Gasteiger partial charge in [0.2, 0.25) is 0 Å². The van der Waals surface area contributed by atoms with Crippen molar-refractivity contribution in [3.63, 3.8) is 0 Å². The third kappa shape index (κ3) is 1.18. The molecule has 0 saturated carbocycles. The number of H-pyrrole nitrogens is 1. The minimum Gasteiger partial charge on any atom is -0.310 e. The molecule has 2 heterocycles. The summed E-state index contributed by atoms with van der Waals surface area (Å²) in [6.45, 7) is 1.60. The number of nitrogens with one attached hydrogen (secondary N) is 1. The summed E-state index contributed by atoms with van der Waals surface area (Å²) in [5.74, 6) is -0.186. The number of nitrogens with zero attached hydrogens (tertiary/aromatic N) is 2. The van der Waals surface area contributed by atoms with Gasteiger partial charge in [-0.05, 0) is 6.92 Å². The number of pyridine rings is 1. The van der Waals surface area contributed by atoms with Gasteiger partial charge < -0.3 is 4.98 Å².